The molecule has 0 bridgehead atoms. The minimum Gasteiger partial charge on any atom is -0.445 e. The predicted octanol–water partition coefficient (Wildman–Crippen LogP) is 4.90. The maximum atomic E-state index is 14.1. The first-order chi connectivity index (χ1) is 21.4. The van der Waals surface area contributed by atoms with Gasteiger partial charge in [0.1, 0.15) is 18.2 Å². The van der Waals surface area contributed by atoms with Gasteiger partial charge in [0, 0.05) is 32.7 Å². The van der Waals surface area contributed by atoms with Crippen molar-refractivity contribution in [2.24, 2.45) is 0 Å². The Balaban J connectivity index is 1.19. The number of alkyl carbamates (subject to hydrolysis) is 1. The topological polar surface area (TPSA) is 91.0 Å². The van der Waals surface area contributed by atoms with Crippen molar-refractivity contribution in [1.29, 1.82) is 0 Å². The third-order valence-electron chi connectivity index (χ3n) is 9.03. The van der Waals surface area contributed by atoms with E-state index in [0.29, 0.717) is 38.8 Å². The maximum absolute atomic E-state index is 14.1. The van der Waals surface area contributed by atoms with Crippen LogP contribution in [0.5, 0.6) is 0 Å². The number of rotatable bonds is 12. The lowest BCUT2D eigenvalue weighted by atomic mass is 9.80. The minimum absolute atomic E-state index is 0.0308. The van der Waals surface area contributed by atoms with Gasteiger partial charge in [0.25, 0.3) is 0 Å². The van der Waals surface area contributed by atoms with Crippen molar-refractivity contribution < 1.29 is 19.1 Å². The fraction of sp³-hybridized carbons (Fsp3) is 0.417. The second kappa shape index (κ2) is 15.0. The number of ether oxygens (including phenoxy) is 1. The zero-order chi connectivity index (χ0) is 30.8. The Morgan fingerprint density at radius 3 is 2.20 bits per heavy atom. The number of hydrogen-bond donors (Lipinski definition) is 2. The normalized spacial score (nSPS) is 18.9. The molecule has 1 unspecified atom stereocenters. The number of nitrogens with one attached hydrogen (secondary N) is 2. The van der Waals surface area contributed by atoms with Crippen molar-refractivity contribution in [1.82, 2.24) is 20.4 Å². The van der Waals surface area contributed by atoms with Gasteiger partial charge >= 0.3 is 6.09 Å². The molecule has 0 radical (unpaired) electrons. The number of benzene rings is 3. The number of carbonyl (C=O) groups is 3. The first kappa shape index (κ1) is 31.3. The summed E-state index contributed by atoms with van der Waals surface area (Å²) in [7, 11) is 0. The van der Waals surface area contributed by atoms with Crippen molar-refractivity contribution in [3.8, 4) is 0 Å². The van der Waals surface area contributed by atoms with E-state index >= 15 is 0 Å². The Hall–Kier alpha value is -4.17. The van der Waals surface area contributed by atoms with Gasteiger partial charge in [-0.2, -0.15) is 0 Å². The fourth-order valence-corrected chi connectivity index (χ4v) is 6.34. The quantitative estimate of drug-likeness (QED) is 0.290. The summed E-state index contributed by atoms with van der Waals surface area (Å²) in [4.78, 5) is 44.4. The number of carbonyl (C=O) groups excluding carboxylic acids is 3. The van der Waals surface area contributed by atoms with Crippen molar-refractivity contribution in [2.75, 3.05) is 32.7 Å². The molecule has 8 nitrogen and oxygen atoms in total. The first-order valence-corrected chi connectivity index (χ1v) is 15.8. The molecule has 3 amide bonds. The number of piperazine rings is 1. The summed E-state index contributed by atoms with van der Waals surface area (Å²) in [5.74, 6) is -0.00203. The molecule has 44 heavy (non-hydrogen) atoms. The Bertz CT molecular complexity index is 1360. The molecule has 5 rings (SSSR count). The number of nitrogens with zero attached hydrogens (tertiary/aromatic N) is 2. The highest BCUT2D eigenvalue weighted by molar-refractivity contribution is 6.00. The van der Waals surface area contributed by atoms with Crippen LogP contribution in [-0.4, -0.2) is 72.0 Å². The molecule has 2 saturated heterocycles. The van der Waals surface area contributed by atoms with E-state index in [1.165, 1.54) is 5.56 Å². The number of hydrogen-bond acceptors (Lipinski definition) is 5. The number of piperidine rings is 1. The van der Waals surface area contributed by atoms with Crippen molar-refractivity contribution in [3.05, 3.63) is 108 Å². The van der Waals surface area contributed by atoms with E-state index in [0.717, 1.165) is 37.2 Å². The summed E-state index contributed by atoms with van der Waals surface area (Å²) < 4.78 is 5.29. The van der Waals surface area contributed by atoms with Crippen LogP contribution in [0.25, 0.3) is 0 Å². The average Bonchev–Trinajstić information content (AvgIpc) is 3.07. The van der Waals surface area contributed by atoms with E-state index in [1.807, 2.05) is 59.5 Å². The second-order valence-electron chi connectivity index (χ2n) is 12.0. The van der Waals surface area contributed by atoms with Crippen LogP contribution in [0.3, 0.4) is 0 Å². The van der Waals surface area contributed by atoms with E-state index in [9.17, 15) is 14.4 Å². The van der Waals surface area contributed by atoms with Crippen LogP contribution >= 0.6 is 0 Å². The van der Waals surface area contributed by atoms with Crippen LogP contribution in [-0.2, 0) is 27.4 Å². The van der Waals surface area contributed by atoms with Crippen LogP contribution in [0.1, 0.15) is 55.2 Å². The molecule has 0 aromatic heterocycles. The summed E-state index contributed by atoms with van der Waals surface area (Å²) >= 11 is 0. The molecule has 0 aliphatic carbocycles. The molecule has 8 heteroatoms. The molecule has 0 saturated carbocycles. The molecule has 2 aliphatic heterocycles. The number of amides is 3. The molecular formula is C36H44N4O4. The third kappa shape index (κ3) is 7.85. The third-order valence-corrected chi connectivity index (χ3v) is 9.03. The van der Waals surface area contributed by atoms with E-state index in [-0.39, 0.29) is 24.3 Å². The van der Waals surface area contributed by atoms with Crippen LogP contribution in [0.2, 0.25) is 0 Å². The van der Waals surface area contributed by atoms with Crippen LogP contribution in [0.15, 0.2) is 91.0 Å². The van der Waals surface area contributed by atoms with Crippen LogP contribution < -0.4 is 10.6 Å². The summed E-state index contributed by atoms with van der Waals surface area (Å²) in [5.41, 5.74) is 2.52. The van der Waals surface area contributed by atoms with Crippen LogP contribution in [0.4, 0.5) is 4.79 Å². The Morgan fingerprint density at radius 2 is 1.55 bits per heavy atom. The zero-order valence-electron chi connectivity index (χ0n) is 25.6. The van der Waals surface area contributed by atoms with Crippen molar-refractivity contribution >= 4 is 17.9 Å². The average molecular weight is 597 g/mol. The van der Waals surface area contributed by atoms with Gasteiger partial charge in [-0.15, -0.1) is 0 Å². The Kier molecular flexibility index (Phi) is 10.7. The summed E-state index contributed by atoms with van der Waals surface area (Å²) in [6, 6.07) is 29.5. The summed E-state index contributed by atoms with van der Waals surface area (Å²) in [5, 5.41) is 5.85. The summed E-state index contributed by atoms with van der Waals surface area (Å²) in [6.07, 6.45) is 2.68. The molecule has 2 fully saturated rings. The minimum atomic E-state index is -0.848. The highest BCUT2D eigenvalue weighted by atomic mass is 16.5. The molecule has 2 heterocycles. The van der Waals surface area contributed by atoms with Crippen molar-refractivity contribution in [3.63, 3.8) is 0 Å². The smallest absolute Gasteiger partial charge is 0.407 e. The van der Waals surface area contributed by atoms with E-state index < -0.39 is 17.7 Å². The predicted molar refractivity (Wildman–Crippen MR) is 171 cm³/mol. The maximum Gasteiger partial charge on any atom is 0.407 e. The Labute approximate surface area is 260 Å². The SMILES string of the molecule is CC(CN1C(=O)[C@H](CCCNC(=O)OCc2ccccc2)NC(=O)C12CCN(CCc1ccccc1)CC2)c1ccccc1. The van der Waals surface area contributed by atoms with Gasteiger partial charge in [0.15, 0.2) is 0 Å². The number of likely N-dealkylation sites (tertiary alicyclic amines) is 1. The highest BCUT2D eigenvalue weighted by Crippen LogP contribution is 2.35. The zero-order valence-corrected chi connectivity index (χ0v) is 25.6. The largest absolute Gasteiger partial charge is 0.445 e. The van der Waals surface area contributed by atoms with Gasteiger partial charge in [-0.05, 0) is 54.7 Å². The van der Waals surface area contributed by atoms with Crippen molar-refractivity contribution in [2.45, 2.75) is 63.1 Å². The molecular weight excluding hydrogens is 552 g/mol. The molecule has 3 aromatic carbocycles. The lowest BCUT2D eigenvalue weighted by molar-refractivity contribution is -0.161. The first-order valence-electron chi connectivity index (χ1n) is 15.8. The van der Waals surface area contributed by atoms with E-state index in [4.69, 9.17) is 4.74 Å². The lowest BCUT2D eigenvalue weighted by Gasteiger charge is -2.52. The lowest BCUT2D eigenvalue weighted by Crippen LogP contribution is -2.73. The molecule has 2 atom stereocenters. The molecule has 2 N–H and O–H groups in total. The van der Waals surface area contributed by atoms with Gasteiger partial charge in [0.2, 0.25) is 11.8 Å². The second-order valence-corrected chi connectivity index (χ2v) is 12.0. The fourth-order valence-electron chi connectivity index (χ4n) is 6.34. The molecule has 232 valence electrons. The van der Waals surface area contributed by atoms with Gasteiger partial charge in [-0.1, -0.05) is 97.9 Å². The van der Waals surface area contributed by atoms with Crippen LogP contribution in [0, 0.1) is 0 Å². The molecule has 3 aromatic rings. The van der Waals surface area contributed by atoms with Gasteiger partial charge in [-0.3, -0.25) is 9.59 Å². The van der Waals surface area contributed by atoms with E-state index in [1.54, 1.807) is 0 Å². The van der Waals surface area contributed by atoms with Gasteiger partial charge < -0.3 is 25.2 Å². The summed E-state index contributed by atoms with van der Waals surface area (Å²) in [6.45, 7) is 5.63. The standard InChI is InChI=1S/C36H44N4O4/c1-28(31-16-9-4-10-17-31)26-40-33(41)32(18-11-22-37-35(43)44-27-30-14-7-3-8-15-30)38-34(42)36(40)20-24-39(25-21-36)23-19-29-12-5-2-6-13-29/h2-10,12-17,28,32H,11,18-27H2,1H3,(H,37,43)(H,38,42)/t28?,32-/m0/s1. The van der Waals surface area contributed by atoms with Gasteiger partial charge in [0.05, 0.1) is 0 Å². The monoisotopic (exact) mass is 596 g/mol. The van der Waals surface area contributed by atoms with Gasteiger partial charge in [-0.25, -0.2) is 4.79 Å². The molecule has 2 aliphatic rings. The molecule has 1 spiro atoms. The Morgan fingerprint density at radius 1 is 0.932 bits per heavy atom. The highest BCUT2D eigenvalue weighted by Gasteiger charge is 2.53. The van der Waals surface area contributed by atoms with E-state index in [2.05, 4.69) is 58.9 Å².